The molecule has 34 heavy (non-hydrogen) atoms. The molecule has 0 spiro atoms. The number of ketones is 1. The molecule has 0 bridgehead atoms. The first-order valence-corrected chi connectivity index (χ1v) is 13.7. The van der Waals surface area contributed by atoms with Crippen molar-refractivity contribution >= 4 is 11.8 Å². The average Bonchev–Trinajstić information content (AvgIpc) is 2.74. The van der Waals surface area contributed by atoms with Gasteiger partial charge in [0, 0.05) is 11.8 Å². The van der Waals surface area contributed by atoms with Gasteiger partial charge in [0.05, 0.1) is 5.41 Å². The molecule has 4 saturated carbocycles. The van der Waals surface area contributed by atoms with Crippen LogP contribution in [-0.2, 0) is 9.59 Å². The smallest absolute Gasteiger partial charge is 0.309 e. The predicted octanol–water partition coefficient (Wildman–Crippen LogP) is 6.41. The second kappa shape index (κ2) is 6.99. The Morgan fingerprint density at radius 1 is 0.941 bits per heavy atom. The topological polar surface area (TPSA) is 74.6 Å². The minimum atomic E-state index is -0.855. The zero-order valence-electron chi connectivity index (χ0n) is 22.5. The maximum atomic E-state index is 13.1. The van der Waals surface area contributed by atoms with E-state index in [1.807, 2.05) is 6.92 Å². The molecule has 2 N–H and O–H groups in total. The molecule has 4 nitrogen and oxygen atoms in total. The van der Waals surface area contributed by atoms with Gasteiger partial charge in [0.1, 0.15) is 6.10 Å². The summed E-state index contributed by atoms with van der Waals surface area (Å²) in [7, 11) is 0. The highest BCUT2D eigenvalue weighted by Crippen LogP contribution is 2.75. The molecule has 9 atom stereocenters. The van der Waals surface area contributed by atoms with E-state index in [-0.39, 0.29) is 27.4 Å². The molecule has 190 valence electrons. The molecule has 0 saturated heterocycles. The van der Waals surface area contributed by atoms with Gasteiger partial charge in [-0.3, -0.25) is 9.59 Å². The lowest BCUT2D eigenvalue weighted by atomic mass is 9.33. The van der Waals surface area contributed by atoms with Crippen LogP contribution in [0, 0.1) is 50.2 Å². The molecule has 4 heteroatoms. The number of allylic oxidation sites excluding steroid dienone is 2. The van der Waals surface area contributed by atoms with Gasteiger partial charge in [-0.2, -0.15) is 0 Å². The number of carboxylic acids is 1. The summed E-state index contributed by atoms with van der Waals surface area (Å²) < 4.78 is 0. The van der Waals surface area contributed by atoms with Crippen LogP contribution in [0.25, 0.3) is 0 Å². The zero-order chi connectivity index (χ0) is 25.1. The number of fused-ring (bicyclic) bond motifs is 7. The molecule has 0 heterocycles. The number of hydrogen-bond acceptors (Lipinski definition) is 3. The first-order valence-electron chi connectivity index (χ1n) is 13.7. The average molecular weight is 471 g/mol. The van der Waals surface area contributed by atoms with Crippen LogP contribution in [0.15, 0.2) is 11.6 Å². The number of carboxylic acid groups (broad SMARTS) is 1. The minimum absolute atomic E-state index is 0.0219. The van der Waals surface area contributed by atoms with Crippen molar-refractivity contribution in [1.29, 1.82) is 0 Å². The van der Waals surface area contributed by atoms with E-state index in [2.05, 4.69) is 47.6 Å². The summed E-state index contributed by atoms with van der Waals surface area (Å²) >= 11 is 0. The lowest BCUT2D eigenvalue weighted by Gasteiger charge is -2.71. The molecule has 0 aromatic heterocycles. The number of carbonyl (C=O) groups is 2. The number of rotatable bonds is 1. The van der Waals surface area contributed by atoms with Crippen molar-refractivity contribution in [2.24, 2.45) is 50.2 Å². The Labute approximate surface area is 206 Å². The second-order valence-electron chi connectivity index (χ2n) is 14.9. The fraction of sp³-hybridized carbons (Fsp3) is 0.867. The van der Waals surface area contributed by atoms with Gasteiger partial charge in [-0.15, -0.1) is 0 Å². The molecule has 4 fully saturated rings. The molecular weight excluding hydrogens is 424 g/mol. The molecule has 0 aromatic carbocycles. The molecule has 0 radical (unpaired) electrons. The first-order chi connectivity index (χ1) is 15.6. The second-order valence-corrected chi connectivity index (χ2v) is 14.9. The first kappa shape index (κ1) is 24.5. The summed E-state index contributed by atoms with van der Waals surface area (Å²) in [5, 5.41) is 20.9. The molecule has 5 aliphatic carbocycles. The van der Waals surface area contributed by atoms with E-state index in [9.17, 15) is 19.8 Å². The van der Waals surface area contributed by atoms with Crippen LogP contribution in [-0.4, -0.2) is 28.1 Å². The molecule has 5 aliphatic rings. The van der Waals surface area contributed by atoms with Gasteiger partial charge in [0.25, 0.3) is 0 Å². The van der Waals surface area contributed by atoms with Crippen molar-refractivity contribution in [3.63, 3.8) is 0 Å². The van der Waals surface area contributed by atoms with Gasteiger partial charge in [-0.1, -0.05) is 53.2 Å². The van der Waals surface area contributed by atoms with E-state index in [1.165, 1.54) is 5.57 Å². The molecule has 0 amide bonds. The summed E-state index contributed by atoms with van der Waals surface area (Å²) in [6.07, 6.45) is 10.1. The van der Waals surface area contributed by atoms with Gasteiger partial charge < -0.3 is 10.2 Å². The molecule has 0 aromatic rings. The van der Waals surface area contributed by atoms with Gasteiger partial charge in [-0.25, -0.2) is 0 Å². The Hall–Kier alpha value is -1.16. The fourth-order valence-corrected chi connectivity index (χ4v) is 10.5. The largest absolute Gasteiger partial charge is 0.481 e. The fourth-order valence-electron chi connectivity index (χ4n) is 10.5. The zero-order valence-corrected chi connectivity index (χ0v) is 22.5. The van der Waals surface area contributed by atoms with E-state index in [1.54, 1.807) is 0 Å². The third kappa shape index (κ3) is 2.81. The molecule has 0 aliphatic heterocycles. The lowest BCUT2D eigenvalue weighted by molar-refractivity contribution is -0.202. The minimum Gasteiger partial charge on any atom is -0.481 e. The van der Waals surface area contributed by atoms with Gasteiger partial charge >= 0.3 is 5.97 Å². The Balaban J connectivity index is 1.59. The summed E-state index contributed by atoms with van der Waals surface area (Å²) in [5.41, 5.74) is 0.705. The normalized spacial score (nSPS) is 54.1. The molecule has 0 unspecified atom stereocenters. The van der Waals surface area contributed by atoms with Crippen molar-refractivity contribution in [1.82, 2.24) is 0 Å². The summed E-state index contributed by atoms with van der Waals surface area (Å²) in [6.45, 7) is 15.9. The van der Waals surface area contributed by atoms with E-state index in [0.717, 1.165) is 51.4 Å². The summed E-state index contributed by atoms with van der Waals surface area (Å²) in [4.78, 5) is 25.3. The number of hydrogen-bond donors (Lipinski definition) is 2. The van der Waals surface area contributed by atoms with Crippen molar-refractivity contribution in [2.75, 3.05) is 0 Å². The van der Waals surface area contributed by atoms with Gasteiger partial charge in [0.15, 0.2) is 5.78 Å². The maximum absolute atomic E-state index is 13.1. The SMILES string of the molecule is CC1(C)[C@@H](O)C(=O)C[C@]2(C)[C@H]3CC=C4[C@@H]5C[C@@](C)(C(=O)O)CC[C@]5(C)CC[C@@]4(C)[C@]3(C)CC[C@@H]12. The standard InChI is InChI=1S/C30H46O4/c1-25(2)21-10-11-30(7)22(28(21,5)17-20(31)23(25)32)9-8-18-19-16-27(4,24(33)34)13-12-26(19,3)14-15-29(18,30)6/h8,19,21-23,32H,9-17H2,1-7H3,(H,33,34)/t19-,21-,22+,23-,26+,27-,28-,29+,30+/m0/s1. The third-order valence-corrected chi connectivity index (χ3v) is 13.1. The maximum Gasteiger partial charge on any atom is 0.309 e. The summed E-state index contributed by atoms with van der Waals surface area (Å²) in [6, 6.07) is 0. The van der Waals surface area contributed by atoms with Gasteiger partial charge in [-0.05, 0) is 97.7 Å². The lowest BCUT2D eigenvalue weighted by Crippen LogP contribution is -2.66. The van der Waals surface area contributed by atoms with Crippen molar-refractivity contribution < 1.29 is 19.8 Å². The highest BCUT2D eigenvalue weighted by atomic mass is 16.4. The monoisotopic (exact) mass is 470 g/mol. The van der Waals surface area contributed by atoms with Crippen LogP contribution in [0.1, 0.15) is 106 Å². The van der Waals surface area contributed by atoms with Crippen LogP contribution >= 0.6 is 0 Å². The van der Waals surface area contributed by atoms with E-state index >= 15 is 0 Å². The number of carbonyl (C=O) groups excluding carboxylic acids is 1. The Bertz CT molecular complexity index is 965. The van der Waals surface area contributed by atoms with E-state index in [0.29, 0.717) is 24.2 Å². The van der Waals surface area contributed by atoms with Crippen LogP contribution in [0.2, 0.25) is 0 Å². The summed E-state index contributed by atoms with van der Waals surface area (Å²) in [5.74, 6) is 0.450. The number of aliphatic hydroxyl groups is 1. The quantitative estimate of drug-likeness (QED) is 0.434. The van der Waals surface area contributed by atoms with Crippen LogP contribution in [0.3, 0.4) is 0 Å². The highest BCUT2D eigenvalue weighted by Gasteiger charge is 2.69. The van der Waals surface area contributed by atoms with E-state index < -0.39 is 22.9 Å². The van der Waals surface area contributed by atoms with Crippen molar-refractivity contribution in [2.45, 2.75) is 112 Å². The van der Waals surface area contributed by atoms with Crippen molar-refractivity contribution in [3.05, 3.63) is 11.6 Å². The Morgan fingerprint density at radius 3 is 2.24 bits per heavy atom. The number of Topliss-reactive ketones (excluding diaryl/α,β-unsaturated/α-hetero) is 1. The number of aliphatic carboxylic acids is 1. The third-order valence-electron chi connectivity index (χ3n) is 13.1. The van der Waals surface area contributed by atoms with Crippen LogP contribution < -0.4 is 0 Å². The van der Waals surface area contributed by atoms with Crippen molar-refractivity contribution in [3.8, 4) is 0 Å². The van der Waals surface area contributed by atoms with Crippen LogP contribution in [0.5, 0.6) is 0 Å². The molecule has 5 rings (SSSR count). The highest BCUT2D eigenvalue weighted by molar-refractivity contribution is 5.85. The Morgan fingerprint density at radius 2 is 1.59 bits per heavy atom. The predicted molar refractivity (Wildman–Crippen MR) is 133 cm³/mol. The Kier molecular flexibility index (Phi) is 5.04. The molecular formula is C30H46O4. The van der Waals surface area contributed by atoms with E-state index in [4.69, 9.17) is 0 Å². The number of aliphatic hydroxyl groups excluding tert-OH is 1. The van der Waals surface area contributed by atoms with Gasteiger partial charge in [0.2, 0.25) is 0 Å². The van der Waals surface area contributed by atoms with Crippen LogP contribution in [0.4, 0.5) is 0 Å².